The number of carbonyl (C=O) groups is 2. The molecule has 11 heteroatoms. The third kappa shape index (κ3) is 4.27. The molecule has 28 heavy (non-hydrogen) atoms. The van der Waals surface area contributed by atoms with Gasteiger partial charge in [-0.3, -0.25) is 9.59 Å². The molecule has 1 atom stereocenters. The van der Waals surface area contributed by atoms with Crippen molar-refractivity contribution in [1.82, 2.24) is 14.3 Å². The zero-order valence-electron chi connectivity index (χ0n) is 15.2. The van der Waals surface area contributed by atoms with Crippen molar-refractivity contribution < 1.29 is 27.5 Å². The van der Waals surface area contributed by atoms with Crippen molar-refractivity contribution in [2.75, 3.05) is 6.61 Å². The topological polar surface area (TPSA) is 83.2 Å². The first kappa shape index (κ1) is 21.7. The Morgan fingerprint density at radius 1 is 1.32 bits per heavy atom. The average Bonchev–Trinajstić information content (AvgIpc) is 2.88. The number of alkyl halides is 2. The van der Waals surface area contributed by atoms with Gasteiger partial charge in [0.1, 0.15) is 23.2 Å². The van der Waals surface area contributed by atoms with E-state index in [1.807, 2.05) is 0 Å². The summed E-state index contributed by atoms with van der Waals surface area (Å²) in [6.07, 6.45) is -0.219. The Kier molecular flexibility index (Phi) is 6.65. The van der Waals surface area contributed by atoms with Crippen LogP contribution in [0.3, 0.4) is 0 Å². The maximum Gasteiger partial charge on any atom is 0.355 e. The fourth-order valence-electron chi connectivity index (χ4n) is 2.61. The molecule has 0 spiro atoms. The number of Topliss-reactive ketones (excluding diaryl/α,β-unsaturated/α-hetero) is 1. The standard InChI is InChI=1S/C17H17ClF3N3O4/c1-4-28-15(26)11(8(2)25)5-10-6-14(13(19)7-12(10)18)24-17(27)23(16(20)21)9(3)22-24/h6-7,11,16H,4-5H2,1-3H3. The van der Waals surface area contributed by atoms with Crippen molar-refractivity contribution >= 4 is 23.4 Å². The fraction of sp³-hybridized carbons (Fsp3) is 0.412. The fourth-order valence-corrected chi connectivity index (χ4v) is 2.84. The predicted molar refractivity (Wildman–Crippen MR) is 93.3 cm³/mol. The van der Waals surface area contributed by atoms with E-state index in [0.29, 0.717) is 4.68 Å². The Morgan fingerprint density at radius 3 is 2.46 bits per heavy atom. The molecule has 0 N–H and O–H groups in total. The van der Waals surface area contributed by atoms with Gasteiger partial charge in [-0.05, 0) is 44.9 Å². The molecule has 0 fully saturated rings. The molecule has 0 bridgehead atoms. The average molecular weight is 420 g/mol. The van der Waals surface area contributed by atoms with Crippen LogP contribution in [0.5, 0.6) is 0 Å². The summed E-state index contributed by atoms with van der Waals surface area (Å²) in [6, 6.07) is 1.95. The number of carbonyl (C=O) groups excluding carboxylic acids is 2. The highest BCUT2D eigenvalue weighted by atomic mass is 35.5. The van der Waals surface area contributed by atoms with E-state index in [2.05, 4.69) is 5.10 Å². The lowest BCUT2D eigenvalue weighted by Crippen LogP contribution is -2.27. The van der Waals surface area contributed by atoms with Crippen LogP contribution in [0.15, 0.2) is 16.9 Å². The molecule has 0 aliphatic rings. The number of aromatic nitrogens is 3. The van der Waals surface area contributed by atoms with Crippen molar-refractivity contribution in [3.05, 3.63) is 44.8 Å². The van der Waals surface area contributed by atoms with Gasteiger partial charge in [0.15, 0.2) is 5.82 Å². The van der Waals surface area contributed by atoms with Gasteiger partial charge in [-0.2, -0.15) is 13.5 Å². The summed E-state index contributed by atoms with van der Waals surface area (Å²) in [4.78, 5) is 35.9. The van der Waals surface area contributed by atoms with E-state index < -0.39 is 41.4 Å². The SMILES string of the molecule is CCOC(=O)C(Cc1cc(-n2nc(C)n(C(F)F)c2=O)c(F)cc1Cl)C(C)=O. The first-order valence-corrected chi connectivity index (χ1v) is 8.57. The van der Waals surface area contributed by atoms with E-state index >= 15 is 0 Å². The van der Waals surface area contributed by atoms with Crippen molar-refractivity contribution in [1.29, 1.82) is 0 Å². The summed E-state index contributed by atoms with van der Waals surface area (Å²) < 4.78 is 45.8. The van der Waals surface area contributed by atoms with Crippen LogP contribution < -0.4 is 5.69 Å². The molecule has 152 valence electrons. The minimum Gasteiger partial charge on any atom is -0.465 e. The summed E-state index contributed by atoms with van der Waals surface area (Å²) in [5.41, 5.74) is -1.52. The number of hydrogen-bond acceptors (Lipinski definition) is 5. The Labute approximate surface area is 162 Å². The van der Waals surface area contributed by atoms with Crippen LogP contribution in [0.25, 0.3) is 5.69 Å². The molecule has 0 saturated carbocycles. The number of ether oxygens (including phenoxy) is 1. The van der Waals surface area contributed by atoms with Crippen molar-refractivity contribution in [3.8, 4) is 5.69 Å². The third-order valence-electron chi connectivity index (χ3n) is 4.01. The molecule has 0 radical (unpaired) electrons. The molecule has 0 aliphatic heterocycles. The molecule has 1 unspecified atom stereocenters. The zero-order chi connectivity index (χ0) is 21.2. The van der Waals surface area contributed by atoms with Gasteiger partial charge in [0, 0.05) is 5.02 Å². The van der Waals surface area contributed by atoms with E-state index in [-0.39, 0.29) is 34.0 Å². The number of hydrogen-bond donors (Lipinski definition) is 0. The Hall–Kier alpha value is -2.62. The van der Waals surface area contributed by atoms with Gasteiger partial charge in [0.25, 0.3) is 0 Å². The maximum absolute atomic E-state index is 14.4. The molecule has 7 nitrogen and oxygen atoms in total. The number of rotatable bonds is 7. The van der Waals surface area contributed by atoms with Crippen LogP contribution in [-0.2, 0) is 20.7 Å². The summed E-state index contributed by atoms with van der Waals surface area (Å²) in [5, 5.41) is 3.56. The summed E-state index contributed by atoms with van der Waals surface area (Å²) in [6.45, 7) is 0.849. The van der Waals surface area contributed by atoms with Gasteiger partial charge in [-0.15, -0.1) is 5.10 Å². The summed E-state index contributed by atoms with van der Waals surface area (Å²) in [5.74, 6) is -3.75. The van der Waals surface area contributed by atoms with Crippen LogP contribution in [0.1, 0.15) is 31.8 Å². The van der Waals surface area contributed by atoms with Crippen LogP contribution in [0.4, 0.5) is 13.2 Å². The number of esters is 1. The molecule has 1 heterocycles. The predicted octanol–water partition coefficient (Wildman–Crippen LogP) is 2.84. The van der Waals surface area contributed by atoms with Crippen LogP contribution in [0, 0.1) is 18.7 Å². The minimum atomic E-state index is -3.15. The Bertz CT molecular complexity index is 971. The molecule has 0 saturated heterocycles. The quantitative estimate of drug-likeness (QED) is 0.509. The van der Waals surface area contributed by atoms with Crippen LogP contribution >= 0.6 is 11.6 Å². The second-order valence-corrected chi connectivity index (χ2v) is 6.31. The summed E-state index contributed by atoms with van der Waals surface area (Å²) in [7, 11) is 0. The van der Waals surface area contributed by atoms with Gasteiger partial charge >= 0.3 is 18.2 Å². The van der Waals surface area contributed by atoms with Gasteiger partial charge < -0.3 is 4.74 Å². The van der Waals surface area contributed by atoms with E-state index in [0.717, 1.165) is 12.1 Å². The lowest BCUT2D eigenvalue weighted by atomic mass is 9.95. The molecule has 2 aromatic rings. The molecule has 2 rings (SSSR count). The molecule has 0 amide bonds. The number of halogens is 4. The minimum absolute atomic E-state index is 0.0603. The van der Waals surface area contributed by atoms with E-state index in [9.17, 15) is 27.6 Å². The molecular formula is C17H17ClF3N3O4. The number of benzene rings is 1. The smallest absolute Gasteiger partial charge is 0.355 e. The highest BCUT2D eigenvalue weighted by molar-refractivity contribution is 6.31. The molecule has 1 aromatic carbocycles. The molecule has 1 aromatic heterocycles. The second-order valence-electron chi connectivity index (χ2n) is 5.90. The highest BCUT2D eigenvalue weighted by Gasteiger charge is 2.27. The largest absolute Gasteiger partial charge is 0.465 e. The first-order chi connectivity index (χ1) is 13.1. The lowest BCUT2D eigenvalue weighted by Gasteiger charge is -2.14. The van der Waals surface area contributed by atoms with Crippen molar-refractivity contribution in [2.24, 2.45) is 5.92 Å². The van der Waals surface area contributed by atoms with Gasteiger partial charge in [-0.25, -0.2) is 13.8 Å². The zero-order valence-corrected chi connectivity index (χ0v) is 16.0. The van der Waals surface area contributed by atoms with Gasteiger partial charge in [0.2, 0.25) is 0 Å². The summed E-state index contributed by atoms with van der Waals surface area (Å²) >= 11 is 6.01. The maximum atomic E-state index is 14.4. The Morgan fingerprint density at radius 2 is 1.96 bits per heavy atom. The monoisotopic (exact) mass is 419 g/mol. The van der Waals surface area contributed by atoms with Crippen LogP contribution in [-0.4, -0.2) is 32.7 Å². The number of aryl methyl sites for hydroxylation is 1. The number of nitrogens with zero attached hydrogens (tertiary/aromatic N) is 3. The molecular weight excluding hydrogens is 403 g/mol. The highest BCUT2D eigenvalue weighted by Crippen LogP contribution is 2.26. The van der Waals surface area contributed by atoms with Crippen molar-refractivity contribution in [2.45, 2.75) is 33.7 Å². The van der Waals surface area contributed by atoms with Crippen molar-refractivity contribution in [3.63, 3.8) is 0 Å². The van der Waals surface area contributed by atoms with Gasteiger partial charge in [0.05, 0.1) is 6.61 Å². The Balaban J connectivity index is 2.54. The van der Waals surface area contributed by atoms with Gasteiger partial charge in [-0.1, -0.05) is 11.6 Å². The number of ketones is 1. The normalized spacial score (nSPS) is 12.3. The van der Waals surface area contributed by atoms with E-state index in [4.69, 9.17) is 16.3 Å². The third-order valence-corrected chi connectivity index (χ3v) is 4.36. The molecule has 0 aliphatic carbocycles. The second kappa shape index (κ2) is 8.59. The van der Waals surface area contributed by atoms with E-state index in [1.165, 1.54) is 13.8 Å². The van der Waals surface area contributed by atoms with Crippen LogP contribution in [0.2, 0.25) is 5.02 Å². The van der Waals surface area contributed by atoms with E-state index in [1.54, 1.807) is 6.92 Å². The lowest BCUT2D eigenvalue weighted by molar-refractivity contribution is -0.151. The first-order valence-electron chi connectivity index (χ1n) is 8.20.